The third kappa shape index (κ3) is 5.03. The summed E-state index contributed by atoms with van der Waals surface area (Å²) in [6.07, 6.45) is 1.57. The maximum atomic E-state index is 13.3. The number of carbonyl (C=O) groups excluding carboxylic acids is 2. The first-order valence-electron chi connectivity index (χ1n) is 10.0. The zero-order valence-electron chi connectivity index (χ0n) is 17.8. The van der Waals surface area contributed by atoms with Gasteiger partial charge < -0.3 is 19.7 Å². The Morgan fingerprint density at radius 3 is 2.59 bits per heavy atom. The van der Waals surface area contributed by atoms with E-state index in [-0.39, 0.29) is 23.3 Å². The minimum atomic E-state index is -0.760. The molecule has 1 atom stereocenters. The fourth-order valence-corrected chi connectivity index (χ4v) is 4.05. The van der Waals surface area contributed by atoms with Crippen molar-refractivity contribution >= 4 is 52.1 Å². The molecule has 1 fully saturated rings. The van der Waals surface area contributed by atoms with E-state index in [9.17, 15) is 9.59 Å². The number of halogens is 1. The van der Waals surface area contributed by atoms with Gasteiger partial charge in [-0.25, -0.2) is 0 Å². The second-order valence-corrected chi connectivity index (χ2v) is 7.71. The van der Waals surface area contributed by atoms with Crippen molar-refractivity contribution in [3.05, 3.63) is 60.1 Å². The van der Waals surface area contributed by atoms with Crippen LogP contribution in [0.2, 0.25) is 5.02 Å². The van der Waals surface area contributed by atoms with E-state index in [0.29, 0.717) is 41.0 Å². The molecule has 32 heavy (non-hydrogen) atoms. The Morgan fingerprint density at radius 1 is 1.28 bits per heavy atom. The number of methoxy groups -OCH3 is 1. The van der Waals surface area contributed by atoms with Crippen LogP contribution in [0.25, 0.3) is 0 Å². The van der Waals surface area contributed by atoms with Gasteiger partial charge in [-0.2, -0.15) is 0 Å². The molecule has 0 aliphatic carbocycles. The standard InChI is InChI=1S/C23H24ClN3O4S/c1-4-12-26-19(14-21(28)25-15-6-9-17(10-7-15)31-5-2)22(29)27(23(26)32)16-8-11-20(30-3)18(24)13-16/h4,6-11,13,19H,1,5,12,14H2,2-3H3,(H,25,28)/t19-/m1/s1. The van der Waals surface area contributed by atoms with E-state index >= 15 is 0 Å². The summed E-state index contributed by atoms with van der Waals surface area (Å²) in [4.78, 5) is 29.0. The number of hydrogen-bond acceptors (Lipinski definition) is 5. The van der Waals surface area contributed by atoms with Crippen LogP contribution in [0.1, 0.15) is 13.3 Å². The summed E-state index contributed by atoms with van der Waals surface area (Å²) in [6.45, 7) is 6.53. The Balaban J connectivity index is 1.77. The first kappa shape index (κ1) is 23.6. The molecule has 0 bridgehead atoms. The lowest BCUT2D eigenvalue weighted by atomic mass is 10.1. The molecule has 168 valence electrons. The summed E-state index contributed by atoms with van der Waals surface area (Å²) in [5, 5.41) is 3.46. The van der Waals surface area contributed by atoms with E-state index in [4.69, 9.17) is 33.3 Å². The minimum Gasteiger partial charge on any atom is -0.495 e. The molecule has 9 heteroatoms. The van der Waals surface area contributed by atoms with Crippen LogP contribution >= 0.6 is 23.8 Å². The van der Waals surface area contributed by atoms with Crippen LogP contribution in [-0.2, 0) is 9.59 Å². The highest BCUT2D eigenvalue weighted by molar-refractivity contribution is 7.80. The maximum Gasteiger partial charge on any atom is 0.256 e. The van der Waals surface area contributed by atoms with Crippen LogP contribution < -0.4 is 19.7 Å². The summed E-state index contributed by atoms with van der Waals surface area (Å²) >= 11 is 11.8. The summed E-state index contributed by atoms with van der Waals surface area (Å²) < 4.78 is 10.6. The fourth-order valence-electron chi connectivity index (χ4n) is 3.40. The number of amides is 2. The van der Waals surface area contributed by atoms with E-state index in [0.717, 1.165) is 0 Å². The van der Waals surface area contributed by atoms with E-state index in [1.54, 1.807) is 53.4 Å². The summed E-state index contributed by atoms with van der Waals surface area (Å²) in [6, 6.07) is 11.3. The van der Waals surface area contributed by atoms with Gasteiger partial charge in [0.25, 0.3) is 5.91 Å². The van der Waals surface area contributed by atoms with Gasteiger partial charge in [-0.05, 0) is 61.6 Å². The van der Waals surface area contributed by atoms with Crippen molar-refractivity contribution in [1.82, 2.24) is 4.90 Å². The predicted octanol–water partition coefficient (Wildman–Crippen LogP) is 4.26. The summed E-state index contributed by atoms with van der Waals surface area (Å²) in [7, 11) is 1.51. The summed E-state index contributed by atoms with van der Waals surface area (Å²) in [5.41, 5.74) is 1.12. The van der Waals surface area contributed by atoms with Gasteiger partial charge in [0.1, 0.15) is 17.5 Å². The minimum absolute atomic E-state index is 0.0690. The quantitative estimate of drug-likeness (QED) is 0.433. The molecule has 0 saturated carbocycles. The number of thiocarbonyl (C=S) groups is 1. The largest absolute Gasteiger partial charge is 0.495 e. The van der Waals surface area contributed by atoms with Gasteiger partial charge in [0.2, 0.25) is 5.91 Å². The molecule has 1 aliphatic rings. The van der Waals surface area contributed by atoms with Crippen molar-refractivity contribution in [2.24, 2.45) is 0 Å². The Labute approximate surface area is 197 Å². The summed E-state index contributed by atoms with van der Waals surface area (Å²) in [5.74, 6) is 0.592. The van der Waals surface area contributed by atoms with Crippen LogP contribution in [0.4, 0.5) is 11.4 Å². The Bertz CT molecular complexity index is 1030. The third-order valence-corrected chi connectivity index (χ3v) is 5.58. The molecule has 7 nitrogen and oxygen atoms in total. The molecule has 0 spiro atoms. The number of benzene rings is 2. The van der Waals surface area contributed by atoms with Crippen molar-refractivity contribution < 1.29 is 19.1 Å². The van der Waals surface area contributed by atoms with Crippen LogP contribution in [-0.4, -0.2) is 48.1 Å². The lowest BCUT2D eigenvalue weighted by Crippen LogP contribution is -2.37. The zero-order chi connectivity index (χ0) is 23.3. The van der Waals surface area contributed by atoms with Gasteiger partial charge in [0.05, 0.1) is 30.8 Å². The van der Waals surface area contributed by atoms with Crippen LogP contribution in [0.5, 0.6) is 11.5 Å². The topological polar surface area (TPSA) is 71.1 Å². The van der Waals surface area contributed by atoms with Crippen molar-refractivity contribution in [2.75, 3.05) is 30.5 Å². The highest BCUT2D eigenvalue weighted by atomic mass is 35.5. The molecule has 1 saturated heterocycles. The zero-order valence-corrected chi connectivity index (χ0v) is 19.4. The Morgan fingerprint density at radius 2 is 2.00 bits per heavy atom. The van der Waals surface area contributed by atoms with E-state index < -0.39 is 6.04 Å². The molecular weight excluding hydrogens is 450 g/mol. The van der Waals surface area contributed by atoms with Gasteiger partial charge in [-0.15, -0.1) is 6.58 Å². The number of rotatable bonds is 9. The molecule has 1 N–H and O–H groups in total. The highest BCUT2D eigenvalue weighted by Crippen LogP contribution is 2.33. The molecule has 0 radical (unpaired) electrons. The monoisotopic (exact) mass is 473 g/mol. The van der Waals surface area contributed by atoms with Gasteiger partial charge >= 0.3 is 0 Å². The first-order chi connectivity index (χ1) is 15.4. The fraction of sp³-hybridized carbons (Fsp3) is 0.261. The number of nitrogens with one attached hydrogen (secondary N) is 1. The smallest absolute Gasteiger partial charge is 0.256 e. The SMILES string of the molecule is C=CCN1C(=S)N(c2ccc(OC)c(Cl)c2)C(=O)[C@H]1CC(=O)Nc1ccc(OCC)cc1. The molecule has 0 aromatic heterocycles. The number of ether oxygens (including phenoxy) is 2. The predicted molar refractivity (Wildman–Crippen MR) is 130 cm³/mol. The lowest BCUT2D eigenvalue weighted by Gasteiger charge is -2.22. The van der Waals surface area contributed by atoms with Crippen LogP contribution in [0, 0.1) is 0 Å². The Hall–Kier alpha value is -3.10. The first-order valence-corrected chi connectivity index (χ1v) is 10.8. The average molecular weight is 474 g/mol. The third-order valence-electron chi connectivity index (χ3n) is 4.87. The molecule has 3 rings (SSSR count). The molecule has 2 aromatic carbocycles. The number of carbonyl (C=O) groups is 2. The van der Waals surface area contributed by atoms with Crippen molar-refractivity contribution in [3.63, 3.8) is 0 Å². The second kappa shape index (κ2) is 10.5. The molecule has 0 unspecified atom stereocenters. The Kier molecular flexibility index (Phi) is 7.71. The van der Waals surface area contributed by atoms with Gasteiger partial charge in [-0.3, -0.25) is 14.5 Å². The van der Waals surface area contributed by atoms with Gasteiger partial charge in [0, 0.05) is 12.2 Å². The molecule has 2 aromatic rings. The van der Waals surface area contributed by atoms with Crippen molar-refractivity contribution in [3.8, 4) is 11.5 Å². The highest BCUT2D eigenvalue weighted by Gasteiger charge is 2.43. The molecule has 2 amide bonds. The number of anilines is 2. The van der Waals surface area contributed by atoms with E-state index in [1.807, 2.05) is 6.92 Å². The number of hydrogen-bond donors (Lipinski definition) is 1. The van der Waals surface area contributed by atoms with Crippen molar-refractivity contribution in [2.45, 2.75) is 19.4 Å². The maximum absolute atomic E-state index is 13.3. The van der Waals surface area contributed by atoms with Crippen LogP contribution in [0.3, 0.4) is 0 Å². The van der Waals surface area contributed by atoms with Crippen LogP contribution in [0.15, 0.2) is 55.1 Å². The van der Waals surface area contributed by atoms with E-state index in [1.165, 1.54) is 12.0 Å². The second-order valence-electron chi connectivity index (χ2n) is 6.94. The molecule has 1 aliphatic heterocycles. The molecule has 1 heterocycles. The normalized spacial score (nSPS) is 15.7. The molecular formula is C23H24ClN3O4S. The average Bonchev–Trinajstić information content (AvgIpc) is 2.99. The number of nitrogens with zero attached hydrogens (tertiary/aromatic N) is 2. The lowest BCUT2D eigenvalue weighted by molar-refractivity contribution is -0.124. The van der Waals surface area contributed by atoms with Gasteiger partial charge in [0.15, 0.2) is 5.11 Å². The van der Waals surface area contributed by atoms with E-state index in [2.05, 4.69) is 11.9 Å². The van der Waals surface area contributed by atoms with Gasteiger partial charge in [-0.1, -0.05) is 17.7 Å². The van der Waals surface area contributed by atoms with Crippen molar-refractivity contribution in [1.29, 1.82) is 0 Å².